The Morgan fingerprint density at radius 3 is 2.24 bits per heavy atom. The third-order valence-electron chi connectivity index (χ3n) is 4.01. The van der Waals surface area contributed by atoms with Crippen molar-refractivity contribution in [1.29, 1.82) is 0 Å². The summed E-state index contributed by atoms with van der Waals surface area (Å²) < 4.78 is 23.5. The van der Waals surface area contributed by atoms with Crippen LogP contribution in [0, 0.1) is 6.92 Å². The van der Waals surface area contributed by atoms with E-state index < -0.39 is 13.7 Å². The molecule has 0 aliphatic carbocycles. The number of rotatable bonds is 12. The van der Waals surface area contributed by atoms with Gasteiger partial charge in [-0.25, -0.2) is 0 Å². The fraction of sp³-hybridized carbons (Fsp3) is 0.600. The molecule has 1 rings (SSSR count). The van der Waals surface area contributed by atoms with Crippen LogP contribution in [0.2, 0.25) is 0 Å². The summed E-state index contributed by atoms with van der Waals surface area (Å²) in [7, 11) is -3.20. The maximum atomic E-state index is 12.8. The number of aliphatic hydroxyl groups excluding tert-OH is 1. The Kier molecular flexibility index (Phi) is 10.3. The van der Waals surface area contributed by atoms with Crippen molar-refractivity contribution in [1.82, 2.24) is 0 Å². The van der Waals surface area contributed by atoms with Crippen molar-refractivity contribution in [2.75, 3.05) is 13.2 Å². The van der Waals surface area contributed by atoms with Crippen LogP contribution in [0.1, 0.15) is 70.1 Å². The van der Waals surface area contributed by atoms with Gasteiger partial charge in [-0.3, -0.25) is 4.57 Å². The summed E-state index contributed by atoms with van der Waals surface area (Å²) in [5.41, 5.74) is 3.13. The summed E-state index contributed by atoms with van der Waals surface area (Å²) in [6, 6.07) is 7.93. The van der Waals surface area contributed by atoms with E-state index in [-0.39, 0.29) is 0 Å². The Hall–Kier alpha value is -0.930. The molecule has 1 aromatic rings. The molecule has 0 saturated heterocycles. The molecule has 0 fully saturated rings. The van der Waals surface area contributed by atoms with Crippen LogP contribution in [0.5, 0.6) is 0 Å². The van der Waals surface area contributed by atoms with Crippen LogP contribution >= 0.6 is 7.60 Å². The van der Waals surface area contributed by atoms with Crippen LogP contribution in [0.3, 0.4) is 0 Å². The molecule has 0 radical (unpaired) electrons. The first-order valence-corrected chi connectivity index (χ1v) is 10.9. The molecule has 0 aromatic heterocycles. The standard InChI is InChI=1S/C20H33O4P/c1-5-8-9-18(16-25(22,23-6-2)24-7-3)12-15-20(21)19-13-10-17(4)11-14-19/h10-11,13-14,16,20-21H,5-9,12,15H2,1-4H3/b18-16+. The van der Waals surface area contributed by atoms with Gasteiger partial charge in [0.2, 0.25) is 0 Å². The van der Waals surface area contributed by atoms with E-state index in [0.29, 0.717) is 26.1 Å². The molecule has 0 heterocycles. The van der Waals surface area contributed by atoms with E-state index in [2.05, 4.69) is 6.92 Å². The molecule has 1 unspecified atom stereocenters. The van der Waals surface area contributed by atoms with Gasteiger partial charge in [-0.15, -0.1) is 0 Å². The summed E-state index contributed by atoms with van der Waals surface area (Å²) in [6.07, 6.45) is 3.68. The molecule has 0 aliphatic heterocycles. The predicted molar refractivity (Wildman–Crippen MR) is 104 cm³/mol. The molecule has 1 atom stereocenters. The Labute approximate surface area is 152 Å². The highest BCUT2D eigenvalue weighted by molar-refractivity contribution is 7.57. The maximum absolute atomic E-state index is 12.8. The topological polar surface area (TPSA) is 55.8 Å². The van der Waals surface area contributed by atoms with Gasteiger partial charge in [-0.05, 0) is 52.0 Å². The van der Waals surface area contributed by atoms with Gasteiger partial charge >= 0.3 is 7.60 Å². The van der Waals surface area contributed by atoms with E-state index in [1.54, 1.807) is 5.82 Å². The van der Waals surface area contributed by atoms with E-state index in [1.807, 2.05) is 45.0 Å². The molecular formula is C20H33O4P. The Morgan fingerprint density at radius 2 is 1.72 bits per heavy atom. The molecule has 0 saturated carbocycles. The highest BCUT2D eigenvalue weighted by atomic mass is 31.2. The quantitative estimate of drug-likeness (QED) is 0.450. The van der Waals surface area contributed by atoms with Crippen LogP contribution in [0.15, 0.2) is 35.7 Å². The fourth-order valence-corrected chi connectivity index (χ4v) is 4.28. The van der Waals surface area contributed by atoms with Crippen LogP contribution < -0.4 is 0 Å². The Morgan fingerprint density at radius 1 is 1.12 bits per heavy atom. The average Bonchev–Trinajstić information content (AvgIpc) is 2.58. The number of hydrogen-bond donors (Lipinski definition) is 1. The van der Waals surface area contributed by atoms with Crippen LogP contribution in [0.4, 0.5) is 0 Å². The van der Waals surface area contributed by atoms with Crippen molar-refractivity contribution >= 4 is 7.60 Å². The van der Waals surface area contributed by atoms with Gasteiger partial charge in [-0.2, -0.15) is 0 Å². The first kappa shape index (κ1) is 22.1. The summed E-state index contributed by atoms with van der Waals surface area (Å²) >= 11 is 0. The van der Waals surface area contributed by atoms with Gasteiger partial charge < -0.3 is 14.2 Å². The number of unbranched alkanes of at least 4 members (excludes halogenated alkanes) is 1. The zero-order valence-corrected chi connectivity index (χ0v) is 16.9. The lowest BCUT2D eigenvalue weighted by Crippen LogP contribution is -2.00. The molecule has 1 aromatic carbocycles. The van der Waals surface area contributed by atoms with E-state index >= 15 is 0 Å². The number of allylic oxidation sites excluding steroid dienone is 1. The first-order valence-electron chi connectivity index (χ1n) is 9.28. The number of aryl methyl sites for hydroxylation is 1. The number of benzene rings is 1. The highest BCUT2D eigenvalue weighted by Crippen LogP contribution is 2.51. The Balaban J connectivity index is 2.81. The molecule has 4 nitrogen and oxygen atoms in total. The van der Waals surface area contributed by atoms with E-state index in [0.717, 1.165) is 30.4 Å². The minimum absolute atomic E-state index is 0.348. The minimum atomic E-state index is -3.20. The smallest absolute Gasteiger partial charge is 0.354 e. The second-order valence-electron chi connectivity index (χ2n) is 6.23. The van der Waals surface area contributed by atoms with E-state index in [9.17, 15) is 9.67 Å². The molecular weight excluding hydrogens is 335 g/mol. The Bertz CT molecular complexity index is 556. The van der Waals surface area contributed by atoms with E-state index in [4.69, 9.17) is 9.05 Å². The lowest BCUT2D eigenvalue weighted by atomic mass is 9.99. The monoisotopic (exact) mass is 368 g/mol. The molecule has 1 N–H and O–H groups in total. The third-order valence-corrected chi connectivity index (χ3v) is 5.93. The summed E-state index contributed by atoms with van der Waals surface area (Å²) in [6.45, 7) is 8.48. The summed E-state index contributed by atoms with van der Waals surface area (Å²) in [5.74, 6) is 1.68. The number of aliphatic hydroxyl groups is 1. The predicted octanol–water partition coefficient (Wildman–Crippen LogP) is 6.15. The second kappa shape index (κ2) is 11.6. The van der Waals surface area contributed by atoms with Gasteiger partial charge in [0, 0.05) is 5.82 Å². The average molecular weight is 368 g/mol. The van der Waals surface area contributed by atoms with Gasteiger partial charge in [0.15, 0.2) is 0 Å². The maximum Gasteiger partial charge on any atom is 0.354 e. The van der Waals surface area contributed by atoms with Crippen molar-refractivity contribution < 1.29 is 18.7 Å². The molecule has 25 heavy (non-hydrogen) atoms. The zero-order chi connectivity index (χ0) is 18.7. The SMILES string of the molecule is CCCC/C(=C\P(=O)(OCC)OCC)CCC(O)c1ccc(C)cc1. The summed E-state index contributed by atoms with van der Waals surface area (Å²) in [5, 5.41) is 10.4. The highest BCUT2D eigenvalue weighted by Gasteiger charge is 2.21. The molecule has 5 heteroatoms. The van der Waals surface area contributed by atoms with Crippen molar-refractivity contribution in [3.8, 4) is 0 Å². The molecule has 0 bridgehead atoms. The van der Waals surface area contributed by atoms with Crippen molar-refractivity contribution in [2.45, 2.75) is 65.9 Å². The van der Waals surface area contributed by atoms with Crippen molar-refractivity contribution in [2.24, 2.45) is 0 Å². The van der Waals surface area contributed by atoms with Gasteiger partial charge in [0.1, 0.15) is 0 Å². The minimum Gasteiger partial charge on any atom is -0.388 e. The normalized spacial score (nSPS) is 13.9. The largest absolute Gasteiger partial charge is 0.388 e. The third kappa shape index (κ3) is 8.33. The van der Waals surface area contributed by atoms with Crippen LogP contribution in [0.25, 0.3) is 0 Å². The van der Waals surface area contributed by atoms with Crippen LogP contribution in [-0.2, 0) is 13.6 Å². The molecule has 0 aliphatic rings. The number of hydrogen-bond acceptors (Lipinski definition) is 4. The summed E-state index contributed by atoms with van der Waals surface area (Å²) in [4.78, 5) is 0. The van der Waals surface area contributed by atoms with E-state index in [1.165, 1.54) is 5.56 Å². The van der Waals surface area contributed by atoms with Crippen LogP contribution in [-0.4, -0.2) is 18.3 Å². The van der Waals surface area contributed by atoms with Crippen molar-refractivity contribution in [3.63, 3.8) is 0 Å². The fourth-order valence-electron chi connectivity index (χ4n) is 2.63. The lowest BCUT2D eigenvalue weighted by Gasteiger charge is -2.17. The second-order valence-corrected chi connectivity index (χ2v) is 8.09. The lowest BCUT2D eigenvalue weighted by molar-refractivity contribution is 0.167. The zero-order valence-electron chi connectivity index (χ0n) is 16.0. The van der Waals surface area contributed by atoms with Crippen molar-refractivity contribution in [3.05, 3.63) is 46.8 Å². The first-order chi connectivity index (χ1) is 11.9. The molecule has 0 spiro atoms. The van der Waals surface area contributed by atoms with Gasteiger partial charge in [0.25, 0.3) is 0 Å². The van der Waals surface area contributed by atoms with Gasteiger partial charge in [-0.1, -0.05) is 48.7 Å². The molecule has 0 amide bonds. The van der Waals surface area contributed by atoms with Gasteiger partial charge in [0.05, 0.1) is 19.3 Å². The molecule has 142 valence electrons.